The molecule has 3 rings (SSSR count). The van der Waals surface area contributed by atoms with E-state index in [1.165, 1.54) is 18.2 Å². The number of nitrogens with zero attached hydrogens (tertiary/aromatic N) is 1. The lowest BCUT2D eigenvalue weighted by atomic mass is 10.2. The Morgan fingerprint density at radius 3 is 2.57 bits per heavy atom. The molecule has 0 fully saturated rings. The molecule has 0 spiro atoms. The molecule has 0 saturated heterocycles. The molecule has 1 heterocycles. The zero-order valence-corrected chi connectivity index (χ0v) is 11.9. The summed E-state index contributed by atoms with van der Waals surface area (Å²) in [4.78, 5) is 2.89. The number of nitrogens with one attached hydrogen (secondary N) is 1. The lowest BCUT2D eigenvalue weighted by molar-refractivity contribution is 0.567. The third-order valence-corrected chi connectivity index (χ3v) is 3.72. The van der Waals surface area contributed by atoms with Crippen LogP contribution in [0, 0.1) is 29.1 Å². The topological polar surface area (TPSA) is 20.7 Å². The number of benzene rings is 2. The summed E-state index contributed by atoms with van der Waals surface area (Å²) in [6.45, 7) is 1.80. The van der Waals surface area contributed by atoms with E-state index in [0.29, 0.717) is 26.9 Å². The minimum atomic E-state index is -0.634. The molecule has 0 atom stereocenters. The number of fused-ring (bicyclic) bond motifs is 1. The number of imidazole rings is 1. The molecule has 21 heavy (non-hydrogen) atoms. The van der Waals surface area contributed by atoms with Crippen molar-refractivity contribution in [3.8, 4) is 0 Å². The summed E-state index contributed by atoms with van der Waals surface area (Å²) in [5.41, 5.74) is 2.02. The lowest BCUT2D eigenvalue weighted by Crippen LogP contribution is -2.02. The molecular formula is C15H11F3N2S. The van der Waals surface area contributed by atoms with Gasteiger partial charge in [-0.05, 0) is 42.9 Å². The van der Waals surface area contributed by atoms with Crippen molar-refractivity contribution < 1.29 is 13.2 Å². The highest BCUT2D eigenvalue weighted by molar-refractivity contribution is 7.71. The van der Waals surface area contributed by atoms with Crippen molar-refractivity contribution in [2.24, 2.45) is 0 Å². The molecule has 0 saturated carbocycles. The van der Waals surface area contributed by atoms with E-state index in [0.717, 1.165) is 6.07 Å². The maximum absolute atomic E-state index is 13.8. The van der Waals surface area contributed by atoms with Crippen LogP contribution < -0.4 is 0 Å². The summed E-state index contributed by atoms with van der Waals surface area (Å²) in [6.07, 6.45) is 0. The Labute approximate surface area is 123 Å². The molecule has 108 valence electrons. The summed E-state index contributed by atoms with van der Waals surface area (Å²) in [5, 5.41) is 0. The van der Waals surface area contributed by atoms with Gasteiger partial charge in [0.15, 0.2) is 4.77 Å². The van der Waals surface area contributed by atoms with Crippen molar-refractivity contribution in [3.63, 3.8) is 0 Å². The van der Waals surface area contributed by atoms with Crippen molar-refractivity contribution in [2.75, 3.05) is 0 Å². The van der Waals surface area contributed by atoms with Crippen LogP contribution in [0.5, 0.6) is 0 Å². The van der Waals surface area contributed by atoms with E-state index < -0.39 is 11.6 Å². The van der Waals surface area contributed by atoms with E-state index in [-0.39, 0.29) is 12.4 Å². The van der Waals surface area contributed by atoms with Crippen LogP contribution in [0.3, 0.4) is 0 Å². The van der Waals surface area contributed by atoms with Crippen LogP contribution in [0.2, 0.25) is 0 Å². The zero-order valence-electron chi connectivity index (χ0n) is 11.1. The van der Waals surface area contributed by atoms with Gasteiger partial charge in [0, 0.05) is 11.6 Å². The number of aromatic nitrogens is 2. The number of rotatable bonds is 2. The van der Waals surface area contributed by atoms with E-state index in [9.17, 15) is 13.2 Å². The Hall–Kier alpha value is -2.08. The van der Waals surface area contributed by atoms with Crippen LogP contribution in [-0.2, 0) is 6.54 Å². The van der Waals surface area contributed by atoms with Crippen LogP contribution in [0.25, 0.3) is 11.0 Å². The molecule has 6 heteroatoms. The summed E-state index contributed by atoms with van der Waals surface area (Å²) in [7, 11) is 0. The molecule has 0 amide bonds. The Kier molecular flexibility index (Phi) is 3.33. The van der Waals surface area contributed by atoms with E-state index in [4.69, 9.17) is 12.2 Å². The summed E-state index contributed by atoms with van der Waals surface area (Å²) >= 11 is 5.20. The largest absolute Gasteiger partial charge is 0.330 e. The van der Waals surface area contributed by atoms with E-state index in [2.05, 4.69) is 4.98 Å². The van der Waals surface area contributed by atoms with Gasteiger partial charge in [-0.2, -0.15) is 0 Å². The van der Waals surface area contributed by atoms with Gasteiger partial charge in [0.05, 0.1) is 17.6 Å². The first kappa shape index (κ1) is 13.9. The summed E-state index contributed by atoms with van der Waals surface area (Å²) in [5.74, 6) is -1.60. The maximum atomic E-state index is 13.8. The molecule has 0 bridgehead atoms. The Balaban J connectivity index is 2.14. The Morgan fingerprint density at radius 2 is 1.86 bits per heavy atom. The number of aryl methyl sites for hydroxylation is 1. The number of aromatic amines is 1. The molecule has 1 N–H and O–H groups in total. The van der Waals surface area contributed by atoms with Crippen LogP contribution in [0.15, 0.2) is 30.3 Å². The van der Waals surface area contributed by atoms with Gasteiger partial charge in [-0.3, -0.25) is 0 Å². The van der Waals surface area contributed by atoms with Crippen molar-refractivity contribution in [1.82, 2.24) is 9.55 Å². The standard InChI is InChI=1S/C15H11F3N2S/c1-8-4-14-13(6-11(8)17)19-15(21)20(14)7-9-2-3-10(16)5-12(9)18/h2-6H,7H2,1H3,(H,19,21). The Morgan fingerprint density at radius 1 is 1.10 bits per heavy atom. The molecule has 0 radical (unpaired) electrons. The highest BCUT2D eigenvalue weighted by atomic mass is 32.1. The van der Waals surface area contributed by atoms with Crippen molar-refractivity contribution in [1.29, 1.82) is 0 Å². The first-order valence-corrected chi connectivity index (χ1v) is 6.69. The van der Waals surface area contributed by atoms with Crippen LogP contribution in [-0.4, -0.2) is 9.55 Å². The number of hydrogen-bond acceptors (Lipinski definition) is 1. The van der Waals surface area contributed by atoms with Gasteiger partial charge >= 0.3 is 0 Å². The molecule has 2 aromatic carbocycles. The fourth-order valence-electron chi connectivity index (χ4n) is 2.26. The maximum Gasteiger partial charge on any atom is 0.178 e. The summed E-state index contributed by atoms with van der Waals surface area (Å²) < 4.78 is 42.3. The Bertz CT molecular complexity index is 896. The SMILES string of the molecule is Cc1cc2c(cc1F)[nH]c(=S)n2Cc1ccc(F)cc1F. The van der Waals surface area contributed by atoms with Gasteiger partial charge in [-0.1, -0.05) is 6.07 Å². The van der Waals surface area contributed by atoms with Crippen LogP contribution in [0.4, 0.5) is 13.2 Å². The third-order valence-electron chi connectivity index (χ3n) is 3.40. The molecule has 0 aliphatic heterocycles. The lowest BCUT2D eigenvalue weighted by Gasteiger charge is -2.07. The van der Waals surface area contributed by atoms with Crippen LogP contribution in [0.1, 0.15) is 11.1 Å². The second-order valence-electron chi connectivity index (χ2n) is 4.87. The van der Waals surface area contributed by atoms with Gasteiger partial charge in [0.1, 0.15) is 17.5 Å². The fraction of sp³-hybridized carbons (Fsp3) is 0.133. The normalized spacial score (nSPS) is 11.2. The molecule has 0 unspecified atom stereocenters. The van der Waals surface area contributed by atoms with Gasteiger partial charge in [-0.15, -0.1) is 0 Å². The second-order valence-corrected chi connectivity index (χ2v) is 5.26. The predicted molar refractivity (Wildman–Crippen MR) is 77.3 cm³/mol. The highest BCUT2D eigenvalue weighted by Gasteiger charge is 2.11. The molecule has 0 aliphatic rings. The molecule has 0 aliphatic carbocycles. The average Bonchev–Trinajstić information content (AvgIpc) is 2.69. The molecule has 1 aromatic heterocycles. The van der Waals surface area contributed by atoms with E-state index in [1.54, 1.807) is 17.6 Å². The molecule has 2 nitrogen and oxygen atoms in total. The highest BCUT2D eigenvalue weighted by Crippen LogP contribution is 2.21. The first-order valence-electron chi connectivity index (χ1n) is 6.28. The van der Waals surface area contributed by atoms with Crippen molar-refractivity contribution >= 4 is 23.3 Å². The smallest absolute Gasteiger partial charge is 0.178 e. The van der Waals surface area contributed by atoms with Gasteiger partial charge in [-0.25, -0.2) is 13.2 Å². The minimum absolute atomic E-state index is 0.149. The number of hydrogen-bond donors (Lipinski definition) is 1. The third kappa shape index (κ3) is 2.47. The van der Waals surface area contributed by atoms with Gasteiger partial charge in [0.2, 0.25) is 0 Å². The van der Waals surface area contributed by atoms with Gasteiger partial charge in [0.25, 0.3) is 0 Å². The zero-order chi connectivity index (χ0) is 15.1. The first-order chi connectivity index (χ1) is 9.95. The van der Waals surface area contributed by atoms with Gasteiger partial charge < -0.3 is 9.55 Å². The van der Waals surface area contributed by atoms with E-state index in [1.807, 2.05) is 0 Å². The molecule has 3 aromatic rings. The average molecular weight is 308 g/mol. The minimum Gasteiger partial charge on any atom is -0.330 e. The van der Waals surface area contributed by atoms with Crippen molar-refractivity contribution in [2.45, 2.75) is 13.5 Å². The van der Waals surface area contributed by atoms with Crippen LogP contribution >= 0.6 is 12.2 Å². The fourth-order valence-corrected chi connectivity index (χ4v) is 2.53. The summed E-state index contributed by atoms with van der Waals surface area (Å²) in [6, 6.07) is 6.42. The van der Waals surface area contributed by atoms with E-state index >= 15 is 0 Å². The van der Waals surface area contributed by atoms with Crippen molar-refractivity contribution in [3.05, 3.63) is 63.7 Å². The number of halogens is 3. The predicted octanol–water partition coefficient (Wildman–Crippen LogP) is 4.47. The monoisotopic (exact) mass is 308 g/mol. The molecular weight excluding hydrogens is 297 g/mol. The second kappa shape index (κ2) is 5.04. The number of H-pyrrole nitrogens is 1. The quantitative estimate of drug-likeness (QED) is 0.693.